The molecular formula is C13H18N6O. The quantitative estimate of drug-likeness (QED) is 0.677. The first-order valence-electron chi connectivity index (χ1n) is 6.62. The van der Waals surface area contributed by atoms with Crippen LogP contribution in [-0.4, -0.2) is 46.5 Å². The minimum atomic E-state index is -0.400. The second kappa shape index (κ2) is 4.75. The minimum absolute atomic E-state index is 0.400. The molecule has 2 aromatic rings. The zero-order chi connectivity index (χ0) is 14.2. The van der Waals surface area contributed by atoms with E-state index in [1.807, 2.05) is 13.1 Å². The molecule has 7 heteroatoms. The second-order valence-corrected chi connectivity index (χ2v) is 5.43. The van der Waals surface area contributed by atoms with E-state index in [4.69, 9.17) is 5.73 Å². The zero-order valence-corrected chi connectivity index (χ0v) is 11.4. The molecule has 3 heterocycles. The van der Waals surface area contributed by atoms with E-state index in [0.29, 0.717) is 19.5 Å². The largest absolute Gasteiger partial charge is 0.357 e. The molecule has 1 atom stereocenters. The lowest BCUT2D eigenvalue weighted by Gasteiger charge is -2.24. The van der Waals surface area contributed by atoms with Crippen LogP contribution >= 0.6 is 0 Å². The Balaban J connectivity index is 1.90. The Hall–Kier alpha value is -2.15. The van der Waals surface area contributed by atoms with Crippen LogP contribution in [-0.2, 0) is 4.79 Å². The molecule has 0 bridgehead atoms. The number of aromatic amines is 1. The molecule has 1 aliphatic rings. The Kier molecular flexibility index (Phi) is 3.06. The summed E-state index contributed by atoms with van der Waals surface area (Å²) in [5.74, 6) is 0.909. The van der Waals surface area contributed by atoms with E-state index in [1.54, 1.807) is 6.33 Å². The first-order chi connectivity index (χ1) is 9.63. The highest BCUT2D eigenvalue weighted by molar-refractivity contribution is 5.90. The maximum absolute atomic E-state index is 10.4. The predicted octanol–water partition coefficient (Wildman–Crippen LogP) is -0.0801. The van der Waals surface area contributed by atoms with Crippen molar-refractivity contribution in [1.29, 1.82) is 0 Å². The fraction of sp³-hybridized carbons (Fsp3) is 0.462. The second-order valence-electron chi connectivity index (χ2n) is 5.43. The Morgan fingerprint density at radius 3 is 3.25 bits per heavy atom. The summed E-state index contributed by atoms with van der Waals surface area (Å²) in [5, 5.41) is 3.72. The number of hydrogen-bond acceptors (Lipinski definition) is 5. The number of aryl methyl sites for hydroxylation is 1. The highest BCUT2D eigenvalue weighted by Crippen LogP contribution is 2.30. The highest BCUT2D eigenvalue weighted by atomic mass is 16.1. The van der Waals surface area contributed by atoms with Crippen molar-refractivity contribution in [1.82, 2.24) is 20.3 Å². The van der Waals surface area contributed by atoms with E-state index in [-0.39, 0.29) is 0 Å². The smallest absolute Gasteiger partial charge is 0.207 e. The average molecular weight is 274 g/mol. The number of carbonyl (C=O) groups excluding carboxylic acids is 1. The van der Waals surface area contributed by atoms with Crippen LogP contribution in [0.25, 0.3) is 11.0 Å². The topological polar surface area (TPSA) is 99.9 Å². The van der Waals surface area contributed by atoms with Crippen molar-refractivity contribution in [3.8, 4) is 0 Å². The van der Waals surface area contributed by atoms with Gasteiger partial charge in [0.05, 0.1) is 10.9 Å². The third-order valence-corrected chi connectivity index (χ3v) is 3.87. The van der Waals surface area contributed by atoms with Gasteiger partial charge in [-0.2, -0.15) is 0 Å². The monoisotopic (exact) mass is 274 g/mol. The number of nitrogens with one attached hydrogen (secondary N) is 2. The summed E-state index contributed by atoms with van der Waals surface area (Å²) >= 11 is 0. The SMILES string of the molecule is Cc1c[nH]c2ncnc(N3CCC(N)(CNC=O)C3)c12. The van der Waals surface area contributed by atoms with E-state index in [9.17, 15) is 4.79 Å². The van der Waals surface area contributed by atoms with Gasteiger partial charge < -0.3 is 20.9 Å². The normalized spacial score (nSPS) is 22.4. The summed E-state index contributed by atoms with van der Waals surface area (Å²) in [6, 6.07) is 0. The van der Waals surface area contributed by atoms with Crippen molar-refractivity contribution in [3.63, 3.8) is 0 Å². The van der Waals surface area contributed by atoms with Crippen LogP contribution in [0.2, 0.25) is 0 Å². The van der Waals surface area contributed by atoms with E-state index in [1.165, 1.54) is 0 Å². The number of nitrogens with zero attached hydrogens (tertiary/aromatic N) is 3. The summed E-state index contributed by atoms with van der Waals surface area (Å²) in [7, 11) is 0. The third-order valence-electron chi connectivity index (χ3n) is 3.87. The molecule has 0 saturated carbocycles. The lowest BCUT2D eigenvalue weighted by Crippen LogP contribution is -2.50. The minimum Gasteiger partial charge on any atom is -0.357 e. The van der Waals surface area contributed by atoms with Gasteiger partial charge in [0.25, 0.3) is 0 Å². The third kappa shape index (κ3) is 2.09. The average Bonchev–Trinajstić information content (AvgIpc) is 3.02. The van der Waals surface area contributed by atoms with Gasteiger partial charge in [0, 0.05) is 25.8 Å². The molecule has 106 valence electrons. The van der Waals surface area contributed by atoms with E-state index < -0.39 is 5.54 Å². The molecule has 1 amide bonds. The van der Waals surface area contributed by atoms with Crippen molar-refractivity contribution in [2.75, 3.05) is 24.5 Å². The summed E-state index contributed by atoms with van der Waals surface area (Å²) in [4.78, 5) is 24.4. The van der Waals surface area contributed by atoms with Gasteiger partial charge >= 0.3 is 0 Å². The predicted molar refractivity (Wildman–Crippen MR) is 76.4 cm³/mol. The number of aromatic nitrogens is 3. The van der Waals surface area contributed by atoms with E-state index >= 15 is 0 Å². The summed E-state index contributed by atoms with van der Waals surface area (Å²) in [5.41, 5.74) is 7.88. The Bertz CT molecular complexity index is 639. The van der Waals surface area contributed by atoms with Crippen molar-refractivity contribution in [2.24, 2.45) is 5.73 Å². The van der Waals surface area contributed by atoms with Gasteiger partial charge in [-0.05, 0) is 18.9 Å². The molecule has 1 aliphatic heterocycles. The number of hydrogen-bond donors (Lipinski definition) is 3. The number of amides is 1. The van der Waals surface area contributed by atoms with Gasteiger partial charge in [-0.15, -0.1) is 0 Å². The molecule has 7 nitrogen and oxygen atoms in total. The molecule has 1 fully saturated rings. The summed E-state index contributed by atoms with van der Waals surface area (Å²) < 4.78 is 0. The number of anilines is 1. The van der Waals surface area contributed by atoms with Gasteiger partial charge in [0.1, 0.15) is 17.8 Å². The Morgan fingerprint density at radius 2 is 2.45 bits per heavy atom. The van der Waals surface area contributed by atoms with Crippen LogP contribution in [0.3, 0.4) is 0 Å². The standard InChI is InChI=1S/C13H18N6O/c1-9-4-16-11-10(9)12(18-7-17-11)19-3-2-13(14,6-19)5-15-8-20/h4,7-8H,2-3,5-6,14H2,1H3,(H,15,20)(H,16,17,18). The van der Waals surface area contributed by atoms with Crippen LogP contribution in [0.1, 0.15) is 12.0 Å². The van der Waals surface area contributed by atoms with Gasteiger partial charge in [-0.25, -0.2) is 9.97 Å². The molecule has 0 aliphatic carbocycles. The summed E-state index contributed by atoms with van der Waals surface area (Å²) in [6.45, 7) is 4.01. The molecular weight excluding hydrogens is 256 g/mol. The number of carbonyl (C=O) groups is 1. The fourth-order valence-electron chi connectivity index (χ4n) is 2.80. The molecule has 1 saturated heterocycles. The van der Waals surface area contributed by atoms with Gasteiger partial charge in [-0.1, -0.05) is 0 Å². The maximum atomic E-state index is 10.4. The first kappa shape index (κ1) is 12.9. The number of nitrogens with two attached hydrogens (primary N) is 1. The van der Waals surface area contributed by atoms with Crippen molar-refractivity contribution in [3.05, 3.63) is 18.1 Å². The molecule has 0 spiro atoms. The number of H-pyrrole nitrogens is 1. The zero-order valence-electron chi connectivity index (χ0n) is 11.4. The van der Waals surface area contributed by atoms with Crippen molar-refractivity contribution < 1.29 is 4.79 Å². The van der Waals surface area contributed by atoms with Crippen LogP contribution in [0.4, 0.5) is 5.82 Å². The van der Waals surface area contributed by atoms with Gasteiger partial charge in [0.15, 0.2) is 0 Å². The Labute approximate surface area is 116 Å². The number of rotatable bonds is 4. The van der Waals surface area contributed by atoms with Gasteiger partial charge in [0.2, 0.25) is 6.41 Å². The fourth-order valence-corrected chi connectivity index (χ4v) is 2.80. The van der Waals surface area contributed by atoms with Crippen molar-refractivity contribution >= 4 is 23.3 Å². The van der Waals surface area contributed by atoms with Crippen LogP contribution in [0.15, 0.2) is 12.5 Å². The van der Waals surface area contributed by atoms with Crippen molar-refractivity contribution in [2.45, 2.75) is 18.9 Å². The van der Waals surface area contributed by atoms with Crippen LogP contribution in [0, 0.1) is 6.92 Å². The Morgan fingerprint density at radius 1 is 1.60 bits per heavy atom. The number of fused-ring (bicyclic) bond motifs is 1. The van der Waals surface area contributed by atoms with Crippen LogP contribution < -0.4 is 16.0 Å². The van der Waals surface area contributed by atoms with Crippen LogP contribution in [0.5, 0.6) is 0 Å². The maximum Gasteiger partial charge on any atom is 0.207 e. The van der Waals surface area contributed by atoms with E-state index in [0.717, 1.165) is 35.4 Å². The molecule has 4 N–H and O–H groups in total. The molecule has 1 unspecified atom stereocenters. The highest BCUT2D eigenvalue weighted by Gasteiger charge is 2.35. The van der Waals surface area contributed by atoms with E-state index in [2.05, 4.69) is 25.2 Å². The first-order valence-corrected chi connectivity index (χ1v) is 6.62. The summed E-state index contributed by atoms with van der Waals surface area (Å²) in [6.07, 6.45) is 5.01. The molecule has 20 heavy (non-hydrogen) atoms. The molecule has 0 aromatic carbocycles. The lowest BCUT2D eigenvalue weighted by molar-refractivity contribution is -0.109. The molecule has 3 rings (SSSR count). The van der Waals surface area contributed by atoms with Gasteiger partial charge in [-0.3, -0.25) is 4.79 Å². The molecule has 2 aromatic heterocycles. The molecule has 0 radical (unpaired) electrons. The lowest BCUT2D eigenvalue weighted by atomic mass is 10.0.